The zero-order chi connectivity index (χ0) is 13.0. The van der Waals surface area contributed by atoms with Gasteiger partial charge in [-0.2, -0.15) is 10.2 Å². The second kappa shape index (κ2) is 5.34. The molecule has 1 aromatic carbocycles. The van der Waals surface area contributed by atoms with E-state index < -0.39 is 0 Å². The first-order valence-corrected chi connectivity index (χ1v) is 5.34. The van der Waals surface area contributed by atoms with Crippen LogP contribution in [0.3, 0.4) is 0 Å². The Labute approximate surface area is 109 Å². The molecular formula is C12H8ClN3O2. The molecule has 90 valence electrons. The van der Waals surface area contributed by atoms with Gasteiger partial charge in [-0.15, -0.1) is 0 Å². The highest BCUT2D eigenvalue weighted by atomic mass is 35.5. The Balaban J connectivity index is 2.31. The van der Waals surface area contributed by atoms with Crippen LogP contribution >= 0.6 is 11.6 Å². The fraction of sp³-hybridized carbons (Fsp3) is 0.0833. The lowest BCUT2D eigenvalue weighted by molar-refractivity contribution is 0.407. The molecular weight excluding hydrogens is 254 g/mol. The van der Waals surface area contributed by atoms with Crippen molar-refractivity contribution in [1.82, 2.24) is 9.97 Å². The van der Waals surface area contributed by atoms with Gasteiger partial charge in [-0.3, -0.25) is 0 Å². The minimum absolute atomic E-state index is 0.0934. The number of rotatable bonds is 3. The van der Waals surface area contributed by atoms with Crippen LogP contribution in [0.5, 0.6) is 17.4 Å². The van der Waals surface area contributed by atoms with E-state index in [1.54, 1.807) is 24.3 Å². The molecule has 18 heavy (non-hydrogen) atoms. The molecule has 0 N–H and O–H groups in total. The molecule has 2 aromatic rings. The maximum Gasteiger partial charge on any atom is 0.225 e. The Hall–Kier alpha value is -2.32. The number of hydrogen-bond acceptors (Lipinski definition) is 5. The first-order valence-electron chi connectivity index (χ1n) is 4.97. The lowest BCUT2D eigenvalue weighted by atomic mass is 10.2. The summed E-state index contributed by atoms with van der Waals surface area (Å²) in [5, 5.41) is 8.98. The standard InChI is InChI=1S/C12H8ClN3O2/c1-17-9-4-8(7-14)5-10(6-9)18-11-2-3-15-12(13)16-11/h2-6H,1H3. The second-order valence-corrected chi connectivity index (χ2v) is 3.61. The Morgan fingerprint density at radius 2 is 2.06 bits per heavy atom. The van der Waals surface area contributed by atoms with Crippen LogP contribution in [0.25, 0.3) is 0 Å². The van der Waals surface area contributed by atoms with Gasteiger partial charge in [-0.1, -0.05) is 0 Å². The van der Waals surface area contributed by atoms with Crippen molar-refractivity contribution in [2.75, 3.05) is 7.11 Å². The van der Waals surface area contributed by atoms with Gasteiger partial charge >= 0.3 is 0 Å². The summed E-state index contributed by atoms with van der Waals surface area (Å²) in [5.41, 5.74) is 0.435. The molecule has 5 nitrogen and oxygen atoms in total. The minimum atomic E-state index is 0.0934. The van der Waals surface area contributed by atoms with E-state index in [1.165, 1.54) is 13.3 Å². The molecule has 0 aliphatic heterocycles. The van der Waals surface area contributed by atoms with E-state index in [-0.39, 0.29) is 5.28 Å². The summed E-state index contributed by atoms with van der Waals surface area (Å²) in [6.45, 7) is 0. The smallest absolute Gasteiger partial charge is 0.225 e. The molecule has 0 saturated heterocycles. The average Bonchev–Trinajstić information content (AvgIpc) is 2.38. The number of benzene rings is 1. The van der Waals surface area contributed by atoms with Crippen LogP contribution < -0.4 is 9.47 Å². The molecule has 0 amide bonds. The monoisotopic (exact) mass is 261 g/mol. The van der Waals surface area contributed by atoms with Gasteiger partial charge in [0, 0.05) is 18.3 Å². The summed E-state index contributed by atoms with van der Waals surface area (Å²) >= 11 is 5.65. The average molecular weight is 262 g/mol. The number of ether oxygens (including phenoxy) is 2. The number of hydrogen-bond donors (Lipinski definition) is 0. The Bertz CT molecular complexity index is 611. The maximum atomic E-state index is 8.88. The molecule has 0 unspecified atom stereocenters. The van der Waals surface area contributed by atoms with Crippen LogP contribution in [-0.2, 0) is 0 Å². The molecule has 0 fully saturated rings. The zero-order valence-corrected chi connectivity index (χ0v) is 10.2. The molecule has 0 aliphatic carbocycles. The Morgan fingerprint density at radius 3 is 2.72 bits per heavy atom. The quantitative estimate of drug-likeness (QED) is 0.795. The summed E-state index contributed by atoms with van der Waals surface area (Å²) in [6, 6.07) is 8.43. The number of aromatic nitrogens is 2. The molecule has 0 aliphatic rings. The molecule has 0 bridgehead atoms. The molecule has 1 heterocycles. The van der Waals surface area contributed by atoms with E-state index in [4.69, 9.17) is 26.3 Å². The number of halogens is 1. The van der Waals surface area contributed by atoms with Crippen molar-refractivity contribution in [1.29, 1.82) is 5.26 Å². The Morgan fingerprint density at radius 1 is 1.28 bits per heavy atom. The van der Waals surface area contributed by atoms with E-state index in [9.17, 15) is 0 Å². The Kier molecular flexibility index (Phi) is 3.60. The van der Waals surface area contributed by atoms with Crippen molar-refractivity contribution < 1.29 is 9.47 Å². The predicted molar refractivity (Wildman–Crippen MR) is 64.8 cm³/mol. The van der Waals surface area contributed by atoms with Gasteiger partial charge in [-0.25, -0.2) is 4.98 Å². The molecule has 0 saturated carbocycles. The topological polar surface area (TPSA) is 68.0 Å². The maximum absolute atomic E-state index is 8.88. The summed E-state index contributed by atoms with van der Waals surface area (Å²) in [5.74, 6) is 1.28. The van der Waals surface area contributed by atoms with E-state index in [0.717, 1.165) is 0 Å². The molecule has 6 heteroatoms. The highest BCUT2D eigenvalue weighted by Crippen LogP contribution is 2.26. The second-order valence-electron chi connectivity index (χ2n) is 3.27. The molecule has 0 atom stereocenters. The fourth-order valence-corrected chi connectivity index (χ4v) is 1.45. The van der Waals surface area contributed by atoms with Crippen LogP contribution in [0.1, 0.15) is 5.56 Å². The largest absolute Gasteiger partial charge is 0.497 e. The minimum Gasteiger partial charge on any atom is -0.497 e. The van der Waals surface area contributed by atoms with Crippen LogP contribution in [0, 0.1) is 11.3 Å². The van der Waals surface area contributed by atoms with Crippen molar-refractivity contribution in [3.05, 3.63) is 41.3 Å². The van der Waals surface area contributed by atoms with Gasteiger partial charge in [0.1, 0.15) is 11.5 Å². The van der Waals surface area contributed by atoms with Gasteiger partial charge in [0.05, 0.1) is 18.7 Å². The fourth-order valence-electron chi connectivity index (χ4n) is 1.31. The highest BCUT2D eigenvalue weighted by molar-refractivity contribution is 6.28. The predicted octanol–water partition coefficient (Wildman–Crippen LogP) is 2.80. The van der Waals surface area contributed by atoms with Gasteiger partial charge in [0.25, 0.3) is 0 Å². The highest BCUT2D eigenvalue weighted by Gasteiger charge is 2.05. The summed E-state index contributed by atoms with van der Waals surface area (Å²) in [6.07, 6.45) is 1.48. The zero-order valence-electron chi connectivity index (χ0n) is 9.42. The van der Waals surface area contributed by atoms with Crippen molar-refractivity contribution in [3.8, 4) is 23.4 Å². The number of nitriles is 1. The van der Waals surface area contributed by atoms with Gasteiger partial charge < -0.3 is 9.47 Å². The van der Waals surface area contributed by atoms with E-state index in [0.29, 0.717) is 22.9 Å². The third kappa shape index (κ3) is 2.87. The third-order valence-electron chi connectivity index (χ3n) is 2.07. The van der Waals surface area contributed by atoms with Crippen LogP contribution in [-0.4, -0.2) is 17.1 Å². The number of nitrogens with zero attached hydrogens (tertiary/aromatic N) is 3. The van der Waals surface area contributed by atoms with E-state index in [1.807, 2.05) is 6.07 Å². The first kappa shape index (κ1) is 12.1. The normalized spacial score (nSPS) is 9.61. The van der Waals surface area contributed by atoms with Crippen LogP contribution in [0.2, 0.25) is 5.28 Å². The van der Waals surface area contributed by atoms with Gasteiger partial charge in [0.15, 0.2) is 0 Å². The summed E-state index contributed by atoms with van der Waals surface area (Å²) in [7, 11) is 1.52. The molecule has 1 aromatic heterocycles. The first-order chi connectivity index (χ1) is 8.71. The van der Waals surface area contributed by atoms with E-state index >= 15 is 0 Å². The van der Waals surface area contributed by atoms with E-state index in [2.05, 4.69) is 9.97 Å². The summed E-state index contributed by atoms with van der Waals surface area (Å²) in [4.78, 5) is 7.63. The van der Waals surface area contributed by atoms with Crippen molar-refractivity contribution in [3.63, 3.8) is 0 Å². The lowest BCUT2D eigenvalue weighted by Gasteiger charge is -2.07. The van der Waals surface area contributed by atoms with Crippen molar-refractivity contribution >= 4 is 11.6 Å². The summed E-state index contributed by atoms with van der Waals surface area (Å²) < 4.78 is 10.5. The third-order valence-corrected chi connectivity index (χ3v) is 2.25. The van der Waals surface area contributed by atoms with Crippen LogP contribution in [0.4, 0.5) is 0 Å². The SMILES string of the molecule is COc1cc(C#N)cc(Oc2ccnc(Cl)n2)c1. The molecule has 2 rings (SSSR count). The van der Waals surface area contributed by atoms with Gasteiger partial charge in [-0.05, 0) is 23.7 Å². The number of methoxy groups -OCH3 is 1. The lowest BCUT2D eigenvalue weighted by Crippen LogP contribution is -1.91. The van der Waals surface area contributed by atoms with Crippen molar-refractivity contribution in [2.45, 2.75) is 0 Å². The molecule has 0 spiro atoms. The molecule has 0 radical (unpaired) electrons. The van der Waals surface area contributed by atoms with Crippen LogP contribution in [0.15, 0.2) is 30.5 Å². The van der Waals surface area contributed by atoms with Gasteiger partial charge in [0.2, 0.25) is 11.2 Å². The van der Waals surface area contributed by atoms with Crippen molar-refractivity contribution in [2.24, 2.45) is 0 Å².